The highest BCUT2D eigenvalue weighted by molar-refractivity contribution is 5.84. The number of ether oxygens (including phenoxy) is 2. The summed E-state index contributed by atoms with van der Waals surface area (Å²) in [7, 11) is 0. The van der Waals surface area contributed by atoms with Gasteiger partial charge in [0.25, 0.3) is 0 Å². The quantitative estimate of drug-likeness (QED) is 0.692. The van der Waals surface area contributed by atoms with E-state index >= 15 is 0 Å². The molecule has 0 aromatic carbocycles. The van der Waals surface area contributed by atoms with Crippen molar-refractivity contribution in [3.8, 4) is 0 Å². The van der Waals surface area contributed by atoms with Gasteiger partial charge >= 0.3 is 11.9 Å². The second-order valence-electron chi connectivity index (χ2n) is 5.37. The molecule has 0 radical (unpaired) electrons. The number of hydrogen-bond acceptors (Lipinski definition) is 4. The van der Waals surface area contributed by atoms with Crippen molar-refractivity contribution >= 4 is 11.9 Å². The standard InChI is InChI=1S/C12H20O4/c1-7(2)15-10(14)12(6)9(11(12,4)5)16-8(3)13/h7,9H,1-6H3. The van der Waals surface area contributed by atoms with E-state index in [0.29, 0.717) is 0 Å². The number of hydrogen-bond donors (Lipinski definition) is 0. The Hall–Kier alpha value is -1.06. The Morgan fingerprint density at radius 3 is 2.06 bits per heavy atom. The van der Waals surface area contributed by atoms with Gasteiger partial charge in [-0.3, -0.25) is 9.59 Å². The molecular weight excluding hydrogens is 208 g/mol. The maximum Gasteiger partial charge on any atom is 0.316 e. The Bertz CT molecular complexity index is 319. The zero-order chi connectivity index (χ0) is 12.7. The molecule has 16 heavy (non-hydrogen) atoms. The van der Waals surface area contributed by atoms with Crippen LogP contribution in [0, 0.1) is 10.8 Å². The Morgan fingerprint density at radius 1 is 1.19 bits per heavy atom. The van der Waals surface area contributed by atoms with Crippen molar-refractivity contribution in [2.75, 3.05) is 0 Å². The summed E-state index contributed by atoms with van der Waals surface area (Å²) in [5.74, 6) is -0.655. The van der Waals surface area contributed by atoms with Crippen molar-refractivity contribution in [2.45, 2.75) is 53.8 Å². The normalized spacial score (nSPS) is 31.1. The Kier molecular flexibility index (Phi) is 3.05. The molecule has 2 atom stereocenters. The average Bonchev–Trinajstić information content (AvgIpc) is 2.49. The number of esters is 2. The fourth-order valence-electron chi connectivity index (χ4n) is 2.06. The number of carbonyl (C=O) groups is 2. The smallest absolute Gasteiger partial charge is 0.316 e. The van der Waals surface area contributed by atoms with Crippen molar-refractivity contribution < 1.29 is 19.1 Å². The number of rotatable bonds is 3. The van der Waals surface area contributed by atoms with Crippen LogP contribution in [-0.2, 0) is 19.1 Å². The molecule has 1 aliphatic rings. The largest absolute Gasteiger partial charge is 0.462 e. The molecule has 0 N–H and O–H groups in total. The van der Waals surface area contributed by atoms with E-state index in [2.05, 4.69) is 0 Å². The van der Waals surface area contributed by atoms with Crippen LogP contribution in [-0.4, -0.2) is 24.1 Å². The monoisotopic (exact) mass is 228 g/mol. The van der Waals surface area contributed by atoms with E-state index in [1.54, 1.807) is 20.8 Å². The lowest BCUT2D eigenvalue weighted by atomic mass is 9.98. The van der Waals surface area contributed by atoms with Crippen molar-refractivity contribution in [3.63, 3.8) is 0 Å². The second-order valence-corrected chi connectivity index (χ2v) is 5.37. The third-order valence-electron chi connectivity index (χ3n) is 3.49. The van der Waals surface area contributed by atoms with Gasteiger partial charge in [-0.15, -0.1) is 0 Å². The molecule has 1 saturated carbocycles. The third-order valence-corrected chi connectivity index (χ3v) is 3.49. The molecule has 0 amide bonds. The van der Waals surface area contributed by atoms with Gasteiger partial charge in [0.15, 0.2) is 0 Å². The predicted molar refractivity (Wildman–Crippen MR) is 58.7 cm³/mol. The zero-order valence-electron chi connectivity index (χ0n) is 10.8. The van der Waals surface area contributed by atoms with Crippen molar-refractivity contribution in [3.05, 3.63) is 0 Å². The van der Waals surface area contributed by atoms with Crippen molar-refractivity contribution in [1.29, 1.82) is 0 Å². The minimum atomic E-state index is -0.719. The van der Waals surface area contributed by atoms with Crippen LogP contribution in [0.5, 0.6) is 0 Å². The van der Waals surface area contributed by atoms with Gasteiger partial charge in [-0.1, -0.05) is 13.8 Å². The molecule has 1 aliphatic carbocycles. The van der Waals surface area contributed by atoms with Crippen molar-refractivity contribution in [2.24, 2.45) is 10.8 Å². The van der Waals surface area contributed by atoms with E-state index in [-0.39, 0.29) is 29.6 Å². The van der Waals surface area contributed by atoms with Crippen LogP contribution in [0.15, 0.2) is 0 Å². The van der Waals surface area contributed by atoms with E-state index in [9.17, 15) is 9.59 Å². The van der Waals surface area contributed by atoms with Gasteiger partial charge < -0.3 is 9.47 Å². The molecule has 0 aromatic rings. The molecular formula is C12H20O4. The van der Waals surface area contributed by atoms with Crippen LogP contribution in [0.25, 0.3) is 0 Å². The van der Waals surface area contributed by atoms with Gasteiger partial charge in [-0.25, -0.2) is 0 Å². The molecule has 0 saturated heterocycles. The molecule has 0 aliphatic heterocycles. The summed E-state index contributed by atoms with van der Waals surface area (Å²) in [5.41, 5.74) is -1.08. The van der Waals surface area contributed by atoms with Gasteiger partial charge in [0.1, 0.15) is 11.5 Å². The third kappa shape index (κ3) is 1.81. The van der Waals surface area contributed by atoms with Gasteiger partial charge in [-0.05, 0) is 20.8 Å². The van der Waals surface area contributed by atoms with E-state index in [4.69, 9.17) is 9.47 Å². The fourth-order valence-corrected chi connectivity index (χ4v) is 2.06. The Labute approximate surface area is 96.3 Å². The van der Waals surface area contributed by atoms with Gasteiger partial charge in [0.05, 0.1) is 6.10 Å². The van der Waals surface area contributed by atoms with E-state index < -0.39 is 5.41 Å². The first kappa shape index (κ1) is 13.0. The highest BCUT2D eigenvalue weighted by Gasteiger charge is 2.76. The Balaban J connectivity index is 2.79. The SMILES string of the molecule is CC(=O)OC1C(C)(C)C1(C)C(=O)OC(C)C. The minimum absolute atomic E-state index is 0.154. The fraction of sp³-hybridized carbons (Fsp3) is 0.833. The maximum atomic E-state index is 11.9. The lowest BCUT2D eigenvalue weighted by molar-refractivity contribution is -0.157. The first-order valence-corrected chi connectivity index (χ1v) is 5.52. The minimum Gasteiger partial charge on any atom is -0.462 e. The molecule has 0 spiro atoms. The molecule has 4 nitrogen and oxygen atoms in total. The highest BCUT2D eigenvalue weighted by Crippen LogP contribution is 2.65. The van der Waals surface area contributed by atoms with Gasteiger partial charge in [-0.2, -0.15) is 0 Å². The van der Waals surface area contributed by atoms with Crippen LogP contribution in [0.4, 0.5) is 0 Å². The lowest BCUT2D eigenvalue weighted by Gasteiger charge is -2.15. The van der Waals surface area contributed by atoms with E-state index in [1.807, 2.05) is 13.8 Å². The van der Waals surface area contributed by atoms with Gasteiger partial charge in [0.2, 0.25) is 0 Å². The molecule has 92 valence electrons. The second kappa shape index (κ2) is 3.75. The molecule has 0 heterocycles. The van der Waals surface area contributed by atoms with Crippen LogP contribution < -0.4 is 0 Å². The summed E-state index contributed by atoms with van der Waals surface area (Å²) in [6.07, 6.45) is -0.539. The maximum absolute atomic E-state index is 11.9. The van der Waals surface area contributed by atoms with Crippen LogP contribution in [0.1, 0.15) is 41.5 Å². The summed E-state index contributed by atoms with van der Waals surface area (Å²) in [6.45, 7) is 10.5. The first-order valence-electron chi connectivity index (χ1n) is 5.52. The van der Waals surface area contributed by atoms with Crippen LogP contribution in [0.2, 0.25) is 0 Å². The predicted octanol–water partition coefficient (Wildman–Crippen LogP) is 1.92. The van der Waals surface area contributed by atoms with Gasteiger partial charge in [0, 0.05) is 12.3 Å². The van der Waals surface area contributed by atoms with E-state index in [1.165, 1.54) is 6.92 Å². The molecule has 4 heteroatoms. The zero-order valence-corrected chi connectivity index (χ0v) is 10.8. The number of carbonyl (C=O) groups excluding carboxylic acids is 2. The van der Waals surface area contributed by atoms with Crippen LogP contribution >= 0.6 is 0 Å². The summed E-state index contributed by atoms with van der Waals surface area (Å²) in [5, 5.41) is 0. The lowest BCUT2D eigenvalue weighted by Crippen LogP contribution is -2.25. The van der Waals surface area contributed by atoms with Crippen LogP contribution in [0.3, 0.4) is 0 Å². The van der Waals surface area contributed by atoms with E-state index in [0.717, 1.165) is 0 Å². The molecule has 2 unspecified atom stereocenters. The van der Waals surface area contributed by atoms with Crippen molar-refractivity contribution in [1.82, 2.24) is 0 Å². The average molecular weight is 228 g/mol. The molecule has 1 fully saturated rings. The molecule has 0 aromatic heterocycles. The topological polar surface area (TPSA) is 52.6 Å². The summed E-state index contributed by atoms with van der Waals surface area (Å²) < 4.78 is 10.3. The molecule has 1 rings (SSSR count). The first-order chi connectivity index (χ1) is 7.14. The molecule has 0 bridgehead atoms. The summed E-state index contributed by atoms with van der Waals surface area (Å²) in [6, 6.07) is 0. The Morgan fingerprint density at radius 2 is 1.69 bits per heavy atom. The summed E-state index contributed by atoms with van der Waals surface area (Å²) in [4.78, 5) is 22.9. The summed E-state index contributed by atoms with van der Waals surface area (Å²) >= 11 is 0. The highest BCUT2D eigenvalue weighted by atomic mass is 16.6.